The number of rotatable bonds is 9. The molecule has 0 radical (unpaired) electrons. The monoisotopic (exact) mass is 1100 g/mol. The van der Waals surface area contributed by atoms with Gasteiger partial charge in [-0.3, -0.25) is 19.2 Å². The maximum atomic E-state index is 14.0. The SMILES string of the molecule is Cc1cc(C)c(S(=O)(=O)[O-])c(C)c1Nc1ccc(Nc2c(C)cc(C)c(S(=O)(=O)[O-])c2C)c2c1C(=O)c1ccccc1C2=O.Nc1c(S(=O)(=O)[O-])cc(NC2CCCCC2)c2c1C(=O)c1ccccc1C2=O.[Na+].[Na+].[Na+]. The number of nitrogens with two attached hydrogens (primary N) is 1. The first-order valence-electron chi connectivity index (χ1n) is 22.6. The van der Waals surface area contributed by atoms with Gasteiger partial charge >= 0.3 is 88.7 Å². The summed E-state index contributed by atoms with van der Waals surface area (Å²) in [6.07, 6.45) is 4.85. The van der Waals surface area contributed by atoms with E-state index in [1.54, 1.807) is 56.3 Å². The van der Waals surface area contributed by atoms with Gasteiger partial charge in [0, 0.05) is 45.4 Å². The fourth-order valence-electron chi connectivity index (χ4n) is 10.3. The number of carbonyl (C=O) groups is 4. The molecule has 6 aromatic rings. The van der Waals surface area contributed by atoms with E-state index in [0.29, 0.717) is 22.5 Å². The van der Waals surface area contributed by atoms with Crippen molar-refractivity contribution >= 4 is 87.6 Å². The van der Waals surface area contributed by atoms with Gasteiger partial charge in [-0.05, 0) is 106 Å². The average Bonchev–Trinajstić information content (AvgIpc) is 3.29. The molecule has 0 heterocycles. The molecule has 374 valence electrons. The standard InChI is InChI=1S/C32H30N2O8S2.C20H20N2O5S.3Na/c1-15-13-17(3)31(43(37,38)39)19(5)27(15)33-23-11-12-24(26-25(23)29(35)21-9-7-8-10-22(21)30(26)36)34-28-16(2)14-18(4)32(20(28)6)44(40,41)42;21-18-15(28(25,26)27)10-14(22-11-6-2-1-3-7-11)16-17(18)20(24)13-9-5-4-8-12(13)19(16)23;;;/h7-14,33-34H,1-6H3,(H,37,38,39)(H,40,41,42);4-5,8-11,22H,1-3,6-7,21H2,(H,25,26,27);;;/q;;3*+1/p-3. The summed E-state index contributed by atoms with van der Waals surface area (Å²) in [6, 6.07) is 20.0. The van der Waals surface area contributed by atoms with Crippen LogP contribution in [-0.4, -0.2) is 68.1 Å². The quantitative estimate of drug-likeness (QED) is 0.0790. The molecule has 23 heteroatoms. The Morgan fingerprint density at radius 2 is 0.813 bits per heavy atom. The van der Waals surface area contributed by atoms with Gasteiger partial charge in [-0.2, -0.15) is 0 Å². The minimum atomic E-state index is -4.93. The fraction of sp³-hybridized carbons (Fsp3) is 0.231. The molecule has 17 nitrogen and oxygen atoms in total. The van der Waals surface area contributed by atoms with Crippen molar-refractivity contribution < 1.29 is 147 Å². The Kier molecular flexibility index (Phi) is 19.4. The van der Waals surface area contributed by atoms with E-state index in [2.05, 4.69) is 16.0 Å². The number of hydrogen-bond donors (Lipinski definition) is 4. The second kappa shape index (κ2) is 23.5. The van der Waals surface area contributed by atoms with Crippen LogP contribution in [0.5, 0.6) is 0 Å². The number of benzene rings is 6. The Hall–Kier alpha value is -4.07. The molecule has 0 atom stereocenters. The van der Waals surface area contributed by atoms with Crippen molar-refractivity contribution in [1.29, 1.82) is 0 Å². The molecule has 3 aliphatic rings. The van der Waals surface area contributed by atoms with Crippen molar-refractivity contribution in [2.24, 2.45) is 0 Å². The van der Waals surface area contributed by atoms with Crippen LogP contribution in [0.2, 0.25) is 0 Å². The van der Waals surface area contributed by atoms with Gasteiger partial charge in [-0.15, -0.1) is 0 Å². The molecule has 1 saturated carbocycles. The Balaban J connectivity index is 0.000000291. The summed E-state index contributed by atoms with van der Waals surface area (Å²) in [6.45, 7) is 9.46. The summed E-state index contributed by atoms with van der Waals surface area (Å²) in [5, 5.41) is 9.43. The molecule has 1 fully saturated rings. The topological polar surface area (TPSA) is 302 Å². The third kappa shape index (κ3) is 11.9. The van der Waals surface area contributed by atoms with Crippen molar-refractivity contribution in [3.05, 3.63) is 157 Å². The summed E-state index contributed by atoms with van der Waals surface area (Å²) in [5.41, 5.74) is 9.31. The van der Waals surface area contributed by atoms with Crippen LogP contribution in [0.3, 0.4) is 0 Å². The number of hydrogen-bond acceptors (Lipinski definition) is 17. The molecule has 9 rings (SSSR count). The first-order valence-corrected chi connectivity index (χ1v) is 26.8. The summed E-state index contributed by atoms with van der Waals surface area (Å²) >= 11 is 0. The predicted molar refractivity (Wildman–Crippen MR) is 266 cm³/mol. The van der Waals surface area contributed by atoms with Gasteiger partial charge in [0.05, 0.1) is 54.0 Å². The average molecular weight is 1100 g/mol. The molecular weight excluding hydrogens is 1050 g/mol. The Morgan fingerprint density at radius 1 is 0.467 bits per heavy atom. The van der Waals surface area contributed by atoms with Gasteiger partial charge in [0.15, 0.2) is 23.1 Å². The number of nitrogen functional groups attached to an aromatic ring is 1. The van der Waals surface area contributed by atoms with Gasteiger partial charge in [-0.1, -0.05) is 79.9 Å². The normalized spacial score (nSPS) is 14.0. The van der Waals surface area contributed by atoms with Crippen LogP contribution in [0.4, 0.5) is 34.1 Å². The van der Waals surface area contributed by atoms with E-state index in [1.165, 1.54) is 58.0 Å². The zero-order chi connectivity index (χ0) is 52.5. The van der Waals surface area contributed by atoms with Crippen LogP contribution in [0, 0.1) is 41.5 Å². The van der Waals surface area contributed by atoms with E-state index in [-0.39, 0.29) is 188 Å². The van der Waals surface area contributed by atoms with Crippen LogP contribution in [-0.2, 0) is 30.4 Å². The van der Waals surface area contributed by atoms with Crippen molar-refractivity contribution in [3.63, 3.8) is 0 Å². The third-order valence-electron chi connectivity index (χ3n) is 13.3. The molecule has 0 unspecified atom stereocenters. The largest absolute Gasteiger partial charge is 1.00 e. The molecule has 3 aliphatic carbocycles. The van der Waals surface area contributed by atoms with Crippen molar-refractivity contribution in [1.82, 2.24) is 0 Å². The molecule has 75 heavy (non-hydrogen) atoms. The number of ketones is 4. The maximum absolute atomic E-state index is 14.0. The molecule has 0 saturated heterocycles. The van der Waals surface area contributed by atoms with E-state index in [0.717, 1.165) is 38.2 Å². The summed E-state index contributed by atoms with van der Waals surface area (Å²) in [5.74, 6) is -1.91. The smallest absolute Gasteiger partial charge is 0.744 e. The second-order valence-electron chi connectivity index (χ2n) is 18.2. The number of nitrogens with one attached hydrogen (secondary N) is 3. The van der Waals surface area contributed by atoms with Gasteiger partial charge in [0.1, 0.15) is 30.4 Å². The second-order valence-corrected chi connectivity index (χ2v) is 22.2. The van der Waals surface area contributed by atoms with Crippen LogP contribution < -0.4 is 110 Å². The summed E-state index contributed by atoms with van der Waals surface area (Å²) < 4.78 is 108. The number of anilines is 6. The molecule has 0 aromatic heterocycles. The Labute approximate surface area is 501 Å². The summed E-state index contributed by atoms with van der Waals surface area (Å²) in [4.78, 5) is 52.8. The zero-order valence-electron chi connectivity index (χ0n) is 42.7. The molecular formula is C52H47N4Na3O13S3. The molecule has 6 aromatic carbocycles. The van der Waals surface area contributed by atoms with Gasteiger partial charge in [0.25, 0.3) is 0 Å². The number of fused-ring (bicyclic) bond motifs is 4. The van der Waals surface area contributed by atoms with Gasteiger partial charge in [-0.25, -0.2) is 25.3 Å². The fourth-order valence-corrected chi connectivity index (χ4v) is 12.8. The maximum Gasteiger partial charge on any atom is 1.00 e. The Morgan fingerprint density at radius 3 is 1.16 bits per heavy atom. The predicted octanol–water partition coefficient (Wildman–Crippen LogP) is -0.687. The van der Waals surface area contributed by atoms with Crippen LogP contribution in [0.1, 0.15) is 129 Å². The molecule has 5 N–H and O–H groups in total. The van der Waals surface area contributed by atoms with Crippen LogP contribution in [0.25, 0.3) is 0 Å². The first kappa shape index (κ1) is 61.8. The van der Waals surface area contributed by atoms with Crippen molar-refractivity contribution in [2.45, 2.75) is 94.4 Å². The molecule has 0 spiro atoms. The zero-order valence-corrected chi connectivity index (χ0v) is 51.2. The molecule has 0 bridgehead atoms. The number of aryl methyl sites for hydroxylation is 4. The first-order chi connectivity index (χ1) is 33.7. The van der Waals surface area contributed by atoms with E-state index in [9.17, 15) is 58.1 Å². The number of carbonyl (C=O) groups excluding carboxylic acids is 4. The van der Waals surface area contributed by atoms with E-state index < -0.39 is 64.1 Å². The van der Waals surface area contributed by atoms with Crippen LogP contribution >= 0.6 is 0 Å². The van der Waals surface area contributed by atoms with Crippen LogP contribution in [0.15, 0.2) is 93.5 Å². The minimum Gasteiger partial charge on any atom is -0.744 e. The minimum absolute atomic E-state index is 0. The molecule has 0 amide bonds. The third-order valence-corrected chi connectivity index (χ3v) is 16.5. The molecule has 0 aliphatic heterocycles. The van der Waals surface area contributed by atoms with E-state index >= 15 is 0 Å². The van der Waals surface area contributed by atoms with Gasteiger partial charge < -0.3 is 35.3 Å². The summed E-state index contributed by atoms with van der Waals surface area (Å²) in [7, 11) is -14.6. The van der Waals surface area contributed by atoms with Crippen molar-refractivity contribution in [2.75, 3.05) is 21.7 Å². The van der Waals surface area contributed by atoms with E-state index in [1.807, 2.05) is 0 Å². The Bertz CT molecular complexity index is 3600. The van der Waals surface area contributed by atoms with E-state index in [4.69, 9.17) is 5.73 Å². The van der Waals surface area contributed by atoms with Crippen molar-refractivity contribution in [3.8, 4) is 0 Å². The van der Waals surface area contributed by atoms with Gasteiger partial charge in [0.2, 0.25) is 0 Å².